The number of rotatable bonds is 6. The van der Waals surface area contributed by atoms with Crippen LogP contribution in [-0.4, -0.2) is 56.0 Å². The Morgan fingerprint density at radius 3 is 2.63 bits per heavy atom. The van der Waals surface area contributed by atoms with Gasteiger partial charge in [-0.25, -0.2) is 8.42 Å². The maximum atomic E-state index is 11.9. The Hall–Kier alpha value is -0.620. The van der Waals surface area contributed by atoms with Crippen molar-refractivity contribution in [2.75, 3.05) is 25.4 Å². The van der Waals surface area contributed by atoms with Crippen LogP contribution in [-0.2, 0) is 19.4 Å². The molecule has 0 aliphatic carbocycles. The van der Waals surface area contributed by atoms with Crippen LogP contribution in [0.15, 0.2) is 0 Å². The molecule has 0 aromatic heterocycles. The van der Waals surface area contributed by atoms with E-state index in [2.05, 4.69) is 0 Å². The van der Waals surface area contributed by atoms with E-state index in [0.29, 0.717) is 13.2 Å². The zero-order valence-corrected chi connectivity index (χ0v) is 12.9. The third-order valence-corrected chi connectivity index (χ3v) is 5.74. The number of hydrogen-bond acceptors (Lipinski definition) is 5. The normalized spacial score (nSPS) is 21.6. The lowest BCUT2D eigenvalue weighted by atomic mass is 10.0. The smallest absolute Gasteiger partial charge is 0.323 e. The Bertz CT molecular complexity index is 391. The number of ether oxygens (including phenoxy) is 1. The molecule has 1 aliphatic heterocycles. The van der Waals surface area contributed by atoms with E-state index in [9.17, 15) is 13.2 Å². The van der Waals surface area contributed by atoms with E-state index in [-0.39, 0.29) is 23.0 Å². The van der Waals surface area contributed by atoms with Gasteiger partial charge in [0.25, 0.3) is 0 Å². The second-order valence-corrected chi connectivity index (χ2v) is 7.89. The molecule has 1 atom stereocenters. The molecule has 1 heterocycles. The lowest BCUT2D eigenvalue weighted by molar-refractivity contribution is -0.150. The molecule has 0 N–H and O–H groups in total. The van der Waals surface area contributed by atoms with Crippen molar-refractivity contribution in [2.45, 2.75) is 51.3 Å². The molecule has 5 nitrogen and oxygen atoms in total. The van der Waals surface area contributed by atoms with Crippen molar-refractivity contribution in [3.63, 3.8) is 0 Å². The molecule has 1 rings (SSSR count). The van der Waals surface area contributed by atoms with Crippen LogP contribution in [0, 0.1) is 0 Å². The first-order valence-corrected chi connectivity index (χ1v) is 8.72. The van der Waals surface area contributed by atoms with Crippen LogP contribution in [0.4, 0.5) is 0 Å². The molecule has 6 heteroatoms. The fraction of sp³-hybridized carbons (Fsp3) is 0.923. The Morgan fingerprint density at radius 1 is 1.37 bits per heavy atom. The van der Waals surface area contributed by atoms with Crippen molar-refractivity contribution in [1.82, 2.24) is 4.90 Å². The predicted molar refractivity (Wildman–Crippen MR) is 74.8 cm³/mol. The van der Waals surface area contributed by atoms with Gasteiger partial charge in [-0.05, 0) is 40.2 Å². The third-order valence-electron chi connectivity index (χ3n) is 3.55. The van der Waals surface area contributed by atoms with E-state index < -0.39 is 9.84 Å². The van der Waals surface area contributed by atoms with Gasteiger partial charge in [0, 0.05) is 6.54 Å². The highest BCUT2D eigenvalue weighted by Gasteiger charge is 2.30. The number of carbonyl (C=O) groups excluding carboxylic acids is 1. The number of esters is 1. The summed E-state index contributed by atoms with van der Waals surface area (Å²) in [5.74, 6) is -0.107. The number of piperidine rings is 1. The zero-order valence-electron chi connectivity index (χ0n) is 12.1. The topological polar surface area (TPSA) is 63.7 Å². The molecule has 0 aromatic carbocycles. The van der Waals surface area contributed by atoms with Gasteiger partial charge in [0.05, 0.1) is 17.6 Å². The van der Waals surface area contributed by atoms with E-state index in [1.807, 2.05) is 4.90 Å². The fourth-order valence-corrected chi connectivity index (χ4v) is 3.20. The van der Waals surface area contributed by atoms with Crippen LogP contribution in [0.25, 0.3) is 0 Å². The van der Waals surface area contributed by atoms with Gasteiger partial charge in [0.15, 0.2) is 9.84 Å². The minimum absolute atomic E-state index is 0.112. The molecule has 0 aromatic rings. The van der Waals surface area contributed by atoms with Gasteiger partial charge in [0.1, 0.15) is 6.04 Å². The average Bonchev–Trinajstić information content (AvgIpc) is 2.37. The number of likely N-dealkylation sites (tertiary alicyclic amines) is 1. The van der Waals surface area contributed by atoms with Crippen LogP contribution < -0.4 is 0 Å². The van der Waals surface area contributed by atoms with E-state index in [4.69, 9.17) is 4.74 Å². The predicted octanol–water partition coefficient (Wildman–Crippen LogP) is 1.23. The van der Waals surface area contributed by atoms with Crippen LogP contribution in [0.3, 0.4) is 0 Å². The maximum Gasteiger partial charge on any atom is 0.323 e. The monoisotopic (exact) mass is 291 g/mol. The summed E-state index contributed by atoms with van der Waals surface area (Å²) < 4.78 is 28.7. The number of carbonyl (C=O) groups is 1. The minimum Gasteiger partial charge on any atom is -0.465 e. The first-order chi connectivity index (χ1) is 8.88. The van der Waals surface area contributed by atoms with Gasteiger partial charge in [-0.2, -0.15) is 0 Å². The highest BCUT2D eigenvalue weighted by atomic mass is 32.2. The molecule has 0 radical (unpaired) electrons. The molecule has 19 heavy (non-hydrogen) atoms. The van der Waals surface area contributed by atoms with Crippen LogP contribution in [0.5, 0.6) is 0 Å². The molecule has 1 saturated heterocycles. The summed E-state index contributed by atoms with van der Waals surface area (Å²) >= 11 is 0. The molecule has 1 unspecified atom stereocenters. The Kier molecular flexibility index (Phi) is 6.26. The molecule has 112 valence electrons. The molecule has 0 bridgehead atoms. The maximum absolute atomic E-state index is 11.9. The van der Waals surface area contributed by atoms with Gasteiger partial charge in [0.2, 0.25) is 0 Å². The highest BCUT2D eigenvalue weighted by molar-refractivity contribution is 7.92. The standard InChI is InChI=1S/C13H25NO4S/c1-4-18-13(15)12-7-5-6-8-14(12)9-10-19(16,17)11(2)3/h11-12H,4-10H2,1-3H3. The van der Waals surface area contributed by atoms with Crippen molar-refractivity contribution in [1.29, 1.82) is 0 Å². The van der Waals surface area contributed by atoms with Gasteiger partial charge in [-0.3, -0.25) is 9.69 Å². The number of sulfone groups is 1. The first kappa shape index (κ1) is 16.4. The Balaban J connectivity index is 2.61. The fourth-order valence-electron chi connectivity index (χ4n) is 2.24. The van der Waals surface area contributed by atoms with Crippen LogP contribution in [0.1, 0.15) is 40.0 Å². The van der Waals surface area contributed by atoms with Gasteiger partial charge in [-0.15, -0.1) is 0 Å². The largest absolute Gasteiger partial charge is 0.465 e. The number of nitrogens with zero attached hydrogens (tertiary/aromatic N) is 1. The Morgan fingerprint density at radius 2 is 2.05 bits per heavy atom. The third kappa shape index (κ3) is 4.76. The van der Waals surface area contributed by atoms with E-state index in [1.165, 1.54) is 0 Å². The molecule has 0 amide bonds. The average molecular weight is 291 g/mol. The molecule has 0 saturated carbocycles. The van der Waals surface area contributed by atoms with E-state index in [0.717, 1.165) is 25.8 Å². The second-order valence-electron chi connectivity index (χ2n) is 5.22. The molecule has 1 fully saturated rings. The highest BCUT2D eigenvalue weighted by Crippen LogP contribution is 2.18. The van der Waals surface area contributed by atoms with Gasteiger partial charge >= 0.3 is 5.97 Å². The summed E-state index contributed by atoms with van der Waals surface area (Å²) in [5.41, 5.74) is 0. The van der Waals surface area contributed by atoms with Crippen molar-refractivity contribution in [2.24, 2.45) is 0 Å². The van der Waals surface area contributed by atoms with Crippen molar-refractivity contribution in [3.05, 3.63) is 0 Å². The minimum atomic E-state index is -3.05. The number of hydrogen-bond donors (Lipinski definition) is 0. The first-order valence-electron chi connectivity index (χ1n) is 7.00. The summed E-state index contributed by atoms with van der Waals surface area (Å²) in [6, 6.07) is -0.268. The summed E-state index contributed by atoms with van der Waals surface area (Å²) in [6.07, 6.45) is 2.77. The van der Waals surface area contributed by atoms with Crippen LogP contribution in [0.2, 0.25) is 0 Å². The summed E-state index contributed by atoms with van der Waals surface area (Å²) in [5, 5.41) is -0.363. The van der Waals surface area contributed by atoms with Crippen molar-refractivity contribution >= 4 is 15.8 Å². The zero-order chi connectivity index (χ0) is 14.5. The summed E-state index contributed by atoms with van der Waals surface area (Å²) in [6.45, 7) is 6.73. The summed E-state index contributed by atoms with van der Waals surface area (Å²) in [7, 11) is -3.05. The molecular formula is C13H25NO4S. The Labute approximate surface area is 116 Å². The lowest BCUT2D eigenvalue weighted by Gasteiger charge is -2.33. The lowest BCUT2D eigenvalue weighted by Crippen LogP contribution is -2.47. The van der Waals surface area contributed by atoms with Crippen LogP contribution >= 0.6 is 0 Å². The van der Waals surface area contributed by atoms with Gasteiger partial charge in [-0.1, -0.05) is 6.42 Å². The van der Waals surface area contributed by atoms with Crippen molar-refractivity contribution in [3.8, 4) is 0 Å². The molecule has 1 aliphatic rings. The van der Waals surface area contributed by atoms with E-state index in [1.54, 1.807) is 20.8 Å². The summed E-state index contributed by atoms with van der Waals surface area (Å²) in [4.78, 5) is 13.8. The van der Waals surface area contributed by atoms with E-state index >= 15 is 0 Å². The van der Waals surface area contributed by atoms with Crippen molar-refractivity contribution < 1.29 is 17.9 Å². The molecular weight excluding hydrogens is 266 g/mol. The quantitative estimate of drug-likeness (QED) is 0.689. The SMILES string of the molecule is CCOC(=O)C1CCCCN1CCS(=O)(=O)C(C)C. The van der Waals surface area contributed by atoms with Gasteiger partial charge < -0.3 is 4.74 Å². The second kappa shape index (κ2) is 7.24. The molecule has 0 spiro atoms.